The number of rotatable bonds is 4. The summed E-state index contributed by atoms with van der Waals surface area (Å²) in [5, 5.41) is 0. The van der Waals surface area contributed by atoms with E-state index in [-0.39, 0.29) is 24.5 Å². The van der Waals surface area contributed by atoms with Crippen molar-refractivity contribution in [3.8, 4) is 11.5 Å². The summed E-state index contributed by atoms with van der Waals surface area (Å²) < 4.78 is 10.8. The van der Waals surface area contributed by atoms with Crippen molar-refractivity contribution in [3.63, 3.8) is 0 Å². The van der Waals surface area contributed by atoms with Gasteiger partial charge in [0.2, 0.25) is 0 Å². The van der Waals surface area contributed by atoms with Crippen molar-refractivity contribution in [2.45, 2.75) is 46.8 Å². The SMILES string of the molecule is CC(C)Oc1cccnc1.Cc1cncc(OC(C)C)c1.O=C=O.O=C=O. The molecule has 2 rings (SSSR count). The topological polar surface area (TPSA) is 113 Å². The summed E-state index contributed by atoms with van der Waals surface area (Å²) in [4.78, 5) is 40.4. The molecule has 146 valence electrons. The summed E-state index contributed by atoms with van der Waals surface area (Å²) in [6, 6.07) is 5.73. The number of hydrogen-bond acceptors (Lipinski definition) is 8. The van der Waals surface area contributed by atoms with Gasteiger partial charge in [-0.1, -0.05) is 0 Å². The normalized spacial score (nSPS) is 8.41. The molecular weight excluding hydrogens is 352 g/mol. The molecule has 0 aromatic carbocycles. The van der Waals surface area contributed by atoms with Gasteiger partial charge in [0.15, 0.2) is 0 Å². The third kappa shape index (κ3) is 18.8. The summed E-state index contributed by atoms with van der Waals surface area (Å²) in [5.41, 5.74) is 1.13. The first-order chi connectivity index (χ1) is 12.8. The number of aromatic nitrogens is 2. The highest BCUT2D eigenvalue weighted by atomic mass is 16.5. The van der Waals surface area contributed by atoms with Crippen molar-refractivity contribution in [1.29, 1.82) is 0 Å². The van der Waals surface area contributed by atoms with Crippen LogP contribution in [-0.2, 0) is 19.2 Å². The van der Waals surface area contributed by atoms with E-state index in [9.17, 15) is 0 Å². The monoisotopic (exact) mass is 376 g/mol. The van der Waals surface area contributed by atoms with Crippen LogP contribution < -0.4 is 9.47 Å². The van der Waals surface area contributed by atoms with Crippen LogP contribution in [0.4, 0.5) is 0 Å². The Morgan fingerprint density at radius 1 is 0.815 bits per heavy atom. The van der Waals surface area contributed by atoms with Crippen LogP contribution in [-0.4, -0.2) is 34.5 Å². The number of pyridine rings is 2. The maximum Gasteiger partial charge on any atom is 0.373 e. The molecule has 0 atom stereocenters. The number of carbonyl (C=O) groups excluding carboxylic acids is 4. The lowest BCUT2D eigenvalue weighted by Gasteiger charge is -2.08. The molecule has 0 radical (unpaired) electrons. The maximum atomic E-state index is 8.12. The molecule has 0 aliphatic carbocycles. The van der Waals surface area contributed by atoms with E-state index in [1.165, 1.54) is 0 Å². The average Bonchev–Trinajstić information content (AvgIpc) is 2.56. The van der Waals surface area contributed by atoms with Gasteiger partial charge in [-0.05, 0) is 58.4 Å². The highest BCUT2D eigenvalue weighted by Crippen LogP contribution is 2.11. The molecule has 0 aliphatic rings. The van der Waals surface area contributed by atoms with Crippen LogP contribution in [0.2, 0.25) is 0 Å². The van der Waals surface area contributed by atoms with E-state index >= 15 is 0 Å². The summed E-state index contributed by atoms with van der Waals surface area (Å²) >= 11 is 0. The molecular formula is C19H24N2O6. The summed E-state index contributed by atoms with van der Waals surface area (Å²) in [6.45, 7) is 9.99. The Labute approximate surface area is 158 Å². The van der Waals surface area contributed by atoms with E-state index in [0.717, 1.165) is 17.1 Å². The fourth-order valence-corrected chi connectivity index (χ4v) is 1.55. The van der Waals surface area contributed by atoms with E-state index in [1.54, 1.807) is 18.6 Å². The van der Waals surface area contributed by atoms with Crippen molar-refractivity contribution < 1.29 is 28.7 Å². The molecule has 0 saturated heterocycles. The first kappa shape index (κ1) is 25.9. The Balaban J connectivity index is 0. The van der Waals surface area contributed by atoms with Crippen molar-refractivity contribution in [2.24, 2.45) is 0 Å². The van der Waals surface area contributed by atoms with E-state index < -0.39 is 0 Å². The number of ether oxygens (including phenoxy) is 2. The molecule has 0 unspecified atom stereocenters. The lowest BCUT2D eigenvalue weighted by molar-refractivity contribution is -0.193. The molecule has 8 heteroatoms. The Morgan fingerprint density at radius 3 is 1.70 bits per heavy atom. The summed E-state index contributed by atoms with van der Waals surface area (Å²) in [5.74, 6) is 1.68. The lowest BCUT2D eigenvalue weighted by atomic mass is 10.3. The summed E-state index contributed by atoms with van der Waals surface area (Å²) in [6.07, 6.45) is 7.93. The largest absolute Gasteiger partial charge is 0.489 e. The van der Waals surface area contributed by atoms with Crippen LogP contribution in [0, 0.1) is 6.92 Å². The van der Waals surface area contributed by atoms with Crippen LogP contribution in [0.25, 0.3) is 0 Å². The fourth-order valence-electron chi connectivity index (χ4n) is 1.55. The molecule has 0 saturated carbocycles. The van der Waals surface area contributed by atoms with Gasteiger partial charge < -0.3 is 9.47 Å². The molecule has 8 nitrogen and oxygen atoms in total. The van der Waals surface area contributed by atoms with Crippen molar-refractivity contribution in [3.05, 3.63) is 48.5 Å². The predicted octanol–water partition coefficient (Wildman–Crippen LogP) is 2.88. The van der Waals surface area contributed by atoms with Gasteiger partial charge in [0.1, 0.15) is 11.5 Å². The smallest absolute Gasteiger partial charge is 0.373 e. The minimum atomic E-state index is 0.221. The van der Waals surface area contributed by atoms with E-state index in [1.807, 2.05) is 59.0 Å². The van der Waals surface area contributed by atoms with Crippen LogP contribution in [0.3, 0.4) is 0 Å². The van der Waals surface area contributed by atoms with Gasteiger partial charge in [0.05, 0.1) is 24.6 Å². The zero-order valence-corrected chi connectivity index (χ0v) is 16.0. The molecule has 0 N–H and O–H groups in total. The Hall–Kier alpha value is -3.34. The second kappa shape index (κ2) is 17.5. The molecule has 2 aromatic rings. The second-order valence-corrected chi connectivity index (χ2v) is 5.39. The van der Waals surface area contributed by atoms with Gasteiger partial charge in [-0.25, -0.2) is 0 Å². The summed E-state index contributed by atoms with van der Waals surface area (Å²) in [7, 11) is 0. The van der Waals surface area contributed by atoms with Gasteiger partial charge >= 0.3 is 12.3 Å². The zero-order chi connectivity index (χ0) is 21.1. The predicted molar refractivity (Wildman–Crippen MR) is 94.8 cm³/mol. The average molecular weight is 376 g/mol. The number of hydrogen-bond donors (Lipinski definition) is 0. The van der Waals surface area contributed by atoms with Crippen molar-refractivity contribution in [2.75, 3.05) is 0 Å². The van der Waals surface area contributed by atoms with Crippen LogP contribution in [0.5, 0.6) is 11.5 Å². The molecule has 2 heterocycles. The fraction of sp³-hybridized carbons (Fsp3) is 0.368. The van der Waals surface area contributed by atoms with E-state index in [0.29, 0.717) is 0 Å². The standard InChI is InChI=1S/C9H13NO.C8H11NO.2CO2/c1-7(2)11-9-4-8(3)5-10-6-9;1-7(2)10-8-4-3-5-9-6-8;2*2-1-3/h4-7H,1-3H3;3-7H,1-2H3;;. The van der Waals surface area contributed by atoms with E-state index in [4.69, 9.17) is 28.7 Å². The first-order valence-electron chi connectivity index (χ1n) is 7.94. The molecule has 27 heavy (non-hydrogen) atoms. The minimum Gasteiger partial charge on any atom is -0.489 e. The van der Waals surface area contributed by atoms with Gasteiger partial charge in [0.25, 0.3) is 0 Å². The highest BCUT2D eigenvalue weighted by Gasteiger charge is 1.96. The quantitative estimate of drug-likeness (QED) is 0.800. The maximum absolute atomic E-state index is 8.12. The number of nitrogens with zero attached hydrogens (tertiary/aromatic N) is 2. The third-order valence-corrected chi connectivity index (χ3v) is 2.23. The highest BCUT2D eigenvalue weighted by molar-refractivity contribution is 5.22. The molecule has 0 spiro atoms. The number of aryl methyl sites for hydroxylation is 1. The Bertz CT molecular complexity index is 666. The molecule has 0 amide bonds. The molecule has 0 fully saturated rings. The minimum absolute atomic E-state index is 0.221. The molecule has 2 aromatic heterocycles. The van der Waals surface area contributed by atoms with Crippen LogP contribution >= 0.6 is 0 Å². The van der Waals surface area contributed by atoms with Crippen LogP contribution in [0.15, 0.2) is 43.0 Å². The lowest BCUT2D eigenvalue weighted by Crippen LogP contribution is -2.05. The third-order valence-electron chi connectivity index (χ3n) is 2.23. The van der Waals surface area contributed by atoms with Gasteiger partial charge in [0, 0.05) is 12.4 Å². The van der Waals surface area contributed by atoms with Gasteiger partial charge in [-0.15, -0.1) is 0 Å². The Morgan fingerprint density at radius 2 is 1.30 bits per heavy atom. The molecule has 0 aliphatic heterocycles. The molecule has 0 bridgehead atoms. The Kier molecular flexibility index (Phi) is 16.8. The van der Waals surface area contributed by atoms with Gasteiger partial charge in [-0.3, -0.25) is 9.97 Å². The van der Waals surface area contributed by atoms with Crippen LogP contribution in [0.1, 0.15) is 33.3 Å². The van der Waals surface area contributed by atoms with Gasteiger partial charge in [-0.2, -0.15) is 19.2 Å². The first-order valence-corrected chi connectivity index (χ1v) is 7.94. The second-order valence-electron chi connectivity index (χ2n) is 5.39. The van der Waals surface area contributed by atoms with Crippen molar-refractivity contribution in [1.82, 2.24) is 9.97 Å². The van der Waals surface area contributed by atoms with E-state index in [2.05, 4.69) is 9.97 Å². The van der Waals surface area contributed by atoms with Crippen molar-refractivity contribution >= 4 is 12.3 Å². The zero-order valence-electron chi connectivity index (χ0n) is 16.0.